The maximum atomic E-state index is 11.8. The van der Waals surface area contributed by atoms with Crippen molar-refractivity contribution in [2.24, 2.45) is 4.99 Å². The molecular weight excluding hydrogens is 487 g/mol. The second-order valence-electron chi connectivity index (χ2n) is 7.90. The van der Waals surface area contributed by atoms with Gasteiger partial charge in [0, 0.05) is 31.1 Å². The molecule has 0 fully saturated rings. The van der Waals surface area contributed by atoms with Crippen molar-refractivity contribution in [2.75, 3.05) is 26.7 Å². The Morgan fingerprint density at radius 3 is 2.40 bits per heavy atom. The lowest BCUT2D eigenvalue weighted by molar-refractivity contribution is 0.0963. The molecule has 0 heterocycles. The molecule has 2 aromatic rings. The molecule has 0 radical (unpaired) electrons. The number of rotatable bonds is 8. The van der Waals surface area contributed by atoms with E-state index < -0.39 is 0 Å². The minimum absolute atomic E-state index is 0. The molecule has 0 atom stereocenters. The fourth-order valence-corrected chi connectivity index (χ4v) is 3.05. The van der Waals surface area contributed by atoms with Gasteiger partial charge < -0.3 is 16.0 Å². The number of aryl methyl sites for hydroxylation is 1. The Hall–Kier alpha value is -2.09. The smallest absolute Gasteiger partial charge is 0.251 e. The van der Waals surface area contributed by atoms with Gasteiger partial charge in [0.15, 0.2) is 5.96 Å². The number of nitrogens with zero attached hydrogens (tertiary/aromatic N) is 1. The van der Waals surface area contributed by atoms with Crippen LogP contribution < -0.4 is 16.0 Å². The van der Waals surface area contributed by atoms with E-state index in [1.165, 1.54) is 11.1 Å². The number of carbonyl (C=O) groups excluding carboxylic acids is 1. The van der Waals surface area contributed by atoms with Crippen LogP contribution in [0.3, 0.4) is 0 Å². The Morgan fingerprint density at radius 1 is 1.07 bits per heavy atom. The standard InChI is InChI=1S/C24H34N4O.HI/c1-6-26-23(28-17-24(3,4)21-12-10-18(2)11-13-21)27-15-14-19-8-7-9-20(16-19)22(29)25-5;/h7-13,16H,6,14-15,17H2,1-5H3,(H,25,29)(H2,26,27,28);1H. The van der Waals surface area contributed by atoms with Crippen LogP contribution in [-0.2, 0) is 11.8 Å². The number of halogens is 1. The summed E-state index contributed by atoms with van der Waals surface area (Å²) in [6.07, 6.45) is 0.816. The summed E-state index contributed by atoms with van der Waals surface area (Å²) in [5.41, 5.74) is 4.31. The van der Waals surface area contributed by atoms with Crippen LogP contribution in [0.4, 0.5) is 0 Å². The van der Waals surface area contributed by atoms with E-state index in [0.29, 0.717) is 12.1 Å². The van der Waals surface area contributed by atoms with E-state index in [1.807, 2.05) is 24.3 Å². The van der Waals surface area contributed by atoms with Crippen molar-refractivity contribution < 1.29 is 4.79 Å². The maximum absolute atomic E-state index is 11.8. The maximum Gasteiger partial charge on any atom is 0.251 e. The molecule has 6 heteroatoms. The highest BCUT2D eigenvalue weighted by Crippen LogP contribution is 2.23. The number of guanidine groups is 1. The summed E-state index contributed by atoms with van der Waals surface area (Å²) in [4.78, 5) is 16.6. The number of hydrogen-bond donors (Lipinski definition) is 3. The second-order valence-corrected chi connectivity index (χ2v) is 7.90. The fraction of sp³-hybridized carbons (Fsp3) is 0.417. The summed E-state index contributed by atoms with van der Waals surface area (Å²) >= 11 is 0. The zero-order valence-corrected chi connectivity index (χ0v) is 21.0. The Labute approximate surface area is 198 Å². The van der Waals surface area contributed by atoms with Gasteiger partial charge in [0.2, 0.25) is 0 Å². The lowest BCUT2D eigenvalue weighted by Gasteiger charge is -2.24. The molecule has 3 N–H and O–H groups in total. The van der Waals surface area contributed by atoms with Crippen LogP contribution >= 0.6 is 24.0 Å². The molecule has 0 aromatic heterocycles. The van der Waals surface area contributed by atoms with Gasteiger partial charge in [-0.3, -0.25) is 9.79 Å². The molecule has 0 bridgehead atoms. The number of aliphatic imine (C=N–C) groups is 1. The summed E-state index contributed by atoms with van der Waals surface area (Å²) in [7, 11) is 1.65. The summed E-state index contributed by atoms with van der Waals surface area (Å²) < 4.78 is 0. The van der Waals surface area contributed by atoms with E-state index in [0.717, 1.165) is 31.0 Å². The number of benzene rings is 2. The molecule has 0 aliphatic heterocycles. The first kappa shape index (κ1) is 25.9. The number of hydrogen-bond acceptors (Lipinski definition) is 2. The summed E-state index contributed by atoms with van der Waals surface area (Å²) in [6, 6.07) is 16.4. The van der Waals surface area contributed by atoms with Gasteiger partial charge in [-0.15, -0.1) is 24.0 Å². The second kappa shape index (κ2) is 12.6. The average molecular weight is 522 g/mol. The van der Waals surface area contributed by atoms with Gasteiger partial charge in [0.05, 0.1) is 6.54 Å². The van der Waals surface area contributed by atoms with Crippen LogP contribution in [0.2, 0.25) is 0 Å². The highest BCUT2D eigenvalue weighted by Gasteiger charge is 2.20. The lowest BCUT2D eigenvalue weighted by atomic mass is 9.84. The van der Waals surface area contributed by atoms with E-state index in [2.05, 4.69) is 67.9 Å². The van der Waals surface area contributed by atoms with E-state index in [4.69, 9.17) is 4.99 Å². The van der Waals surface area contributed by atoms with Crippen molar-refractivity contribution in [1.82, 2.24) is 16.0 Å². The van der Waals surface area contributed by atoms with Crippen molar-refractivity contribution >= 4 is 35.8 Å². The molecule has 2 rings (SSSR count). The number of nitrogens with one attached hydrogen (secondary N) is 3. The molecule has 2 aromatic carbocycles. The molecule has 1 amide bonds. The Balaban J connectivity index is 0.00000450. The Morgan fingerprint density at radius 2 is 1.77 bits per heavy atom. The molecule has 164 valence electrons. The van der Waals surface area contributed by atoms with Gasteiger partial charge in [0.25, 0.3) is 5.91 Å². The third kappa shape index (κ3) is 7.97. The van der Waals surface area contributed by atoms with Crippen LogP contribution in [0.5, 0.6) is 0 Å². The molecule has 5 nitrogen and oxygen atoms in total. The van der Waals surface area contributed by atoms with Crippen LogP contribution in [0, 0.1) is 6.92 Å². The van der Waals surface area contributed by atoms with Gasteiger partial charge in [-0.1, -0.05) is 55.8 Å². The summed E-state index contributed by atoms with van der Waals surface area (Å²) in [5, 5.41) is 9.38. The highest BCUT2D eigenvalue weighted by molar-refractivity contribution is 14.0. The minimum Gasteiger partial charge on any atom is -0.357 e. The molecule has 30 heavy (non-hydrogen) atoms. The quantitative estimate of drug-likeness (QED) is 0.279. The van der Waals surface area contributed by atoms with Gasteiger partial charge in [-0.2, -0.15) is 0 Å². The SMILES string of the molecule is CCNC(=NCC(C)(C)c1ccc(C)cc1)NCCc1cccc(C(=O)NC)c1.I. The van der Waals surface area contributed by atoms with E-state index in [9.17, 15) is 4.79 Å². The first-order valence-electron chi connectivity index (χ1n) is 10.3. The lowest BCUT2D eigenvalue weighted by Crippen LogP contribution is -2.39. The highest BCUT2D eigenvalue weighted by atomic mass is 127. The van der Waals surface area contributed by atoms with E-state index in [1.54, 1.807) is 7.05 Å². The van der Waals surface area contributed by atoms with Crippen molar-refractivity contribution in [2.45, 2.75) is 39.5 Å². The van der Waals surface area contributed by atoms with Crippen LogP contribution in [-0.4, -0.2) is 38.5 Å². The zero-order valence-electron chi connectivity index (χ0n) is 18.7. The number of amides is 1. The van der Waals surface area contributed by atoms with E-state index >= 15 is 0 Å². The third-order valence-electron chi connectivity index (χ3n) is 4.93. The van der Waals surface area contributed by atoms with Crippen molar-refractivity contribution in [1.29, 1.82) is 0 Å². The molecule has 0 aliphatic carbocycles. The minimum atomic E-state index is -0.0620. The molecule has 0 unspecified atom stereocenters. The van der Waals surface area contributed by atoms with Crippen molar-refractivity contribution in [3.05, 3.63) is 70.8 Å². The van der Waals surface area contributed by atoms with Crippen LogP contribution in [0.1, 0.15) is 47.8 Å². The first-order valence-corrected chi connectivity index (χ1v) is 10.3. The third-order valence-corrected chi connectivity index (χ3v) is 4.93. The summed E-state index contributed by atoms with van der Waals surface area (Å²) in [5.74, 6) is 0.753. The predicted octanol–water partition coefficient (Wildman–Crippen LogP) is 4.05. The monoisotopic (exact) mass is 522 g/mol. The zero-order chi connectivity index (χ0) is 21.3. The predicted molar refractivity (Wildman–Crippen MR) is 137 cm³/mol. The number of carbonyl (C=O) groups is 1. The topological polar surface area (TPSA) is 65.5 Å². The van der Waals surface area contributed by atoms with Crippen LogP contribution in [0.15, 0.2) is 53.5 Å². The molecule has 0 saturated carbocycles. The molecule has 0 spiro atoms. The van der Waals surface area contributed by atoms with Gasteiger partial charge >= 0.3 is 0 Å². The normalized spacial score (nSPS) is 11.4. The van der Waals surface area contributed by atoms with Crippen molar-refractivity contribution in [3.63, 3.8) is 0 Å². The van der Waals surface area contributed by atoms with Crippen molar-refractivity contribution in [3.8, 4) is 0 Å². The summed E-state index contributed by atoms with van der Waals surface area (Å²) in [6.45, 7) is 10.8. The molecule has 0 saturated heterocycles. The Bertz CT molecular complexity index is 831. The van der Waals surface area contributed by atoms with Gasteiger partial charge in [-0.05, 0) is 43.5 Å². The largest absolute Gasteiger partial charge is 0.357 e. The average Bonchev–Trinajstić information content (AvgIpc) is 2.72. The Kier molecular flexibility index (Phi) is 10.9. The van der Waals surface area contributed by atoms with E-state index in [-0.39, 0.29) is 35.3 Å². The first-order chi connectivity index (χ1) is 13.9. The fourth-order valence-electron chi connectivity index (χ4n) is 3.05. The molecule has 0 aliphatic rings. The van der Waals surface area contributed by atoms with Gasteiger partial charge in [-0.25, -0.2) is 0 Å². The van der Waals surface area contributed by atoms with Gasteiger partial charge in [0.1, 0.15) is 0 Å². The molecular formula is C24H35IN4O. The van der Waals surface area contributed by atoms with Crippen LogP contribution in [0.25, 0.3) is 0 Å².